The highest BCUT2D eigenvalue weighted by Crippen LogP contribution is 2.30. The normalized spacial score (nSPS) is 11.2. The molecule has 0 saturated carbocycles. The monoisotopic (exact) mass is 404 g/mol. The number of carbonyl (C=O) groups excluding carboxylic acids is 2. The molecule has 0 aliphatic carbocycles. The van der Waals surface area contributed by atoms with Crippen molar-refractivity contribution < 1.29 is 27.9 Å². The number of phenolic OH excluding ortho intramolecular Hbond substituents is 1. The van der Waals surface area contributed by atoms with Gasteiger partial charge in [-0.2, -0.15) is 18.3 Å². The summed E-state index contributed by atoms with van der Waals surface area (Å²) in [5, 5.41) is 13.6. The van der Waals surface area contributed by atoms with Gasteiger partial charge in [0.15, 0.2) is 0 Å². The van der Waals surface area contributed by atoms with Crippen molar-refractivity contribution in [2.45, 2.75) is 13.1 Å². The standard InChI is InChI=1S/C19H15F3N4O3/c1-11-15(18(29)25-24-17(28)14-7-2-3-8-16(14)27)10-23-26(11)13-6-4-5-12(9-13)19(20,21)22/h2-10,27H,1H3,(H,24,28)(H,25,29). The van der Waals surface area contributed by atoms with Crippen molar-refractivity contribution >= 4 is 11.8 Å². The first kappa shape index (κ1) is 19.9. The molecule has 0 atom stereocenters. The fraction of sp³-hybridized carbons (Fsp3) is 0.105. The molecule has 3 aromatic rings. The first-order chi connectivity index (χ1) is 13.7. The van der Waals surface area contributed by atoms with Crippen molar-refractivity contribution in [1.82, 2.24) is 20.6 Å². The molecular formula is C19H15F3N4O3. The SMILES string of the molecule is Cc1c(C(=O)NNC(=O)c2ccccc2O)cnn1-c1cccc(C(F)(F)F)c1. The molecule has 0 radical (unpaired) electrons. The quantitative estimate of drug-likeness (QED) is 0.585. The maximum absolute atomic E-state index is 12.9. The van der Waals surface area contributed by atoms with E-state index < -0.39 is 23.6 Å². The minimum absolute atomic E-state index is 0.0378. The second-order valence-corrected chi connectivity index (χ2v) is 6.03. The lowest BCUT2D eigenvalue weighted by Gasteiger charge is -2.11. The number of halogens is 3. The zero-order valence-electron chi connectivity index (χ0n) is 15.0. The van der Waals surface area contributed by atoms with E-state index in [1.807, 2.05) is 0 Å². The average Bonchev–Trinajstić information content (AvgIpc) is 3.07. The Hall–Kier alpha value is -3.82. The highest BCUT2D eigenvalue weighted by molar-refractivity contribution is 6.00. The van der Waals surface area contributed by atoms with E-state index in [0.717, 1.165) is 12.1 Å². The van der Waals surface area contributed by atoms with E-state index in [9.17, 15) is 27.9 Å². The van der Waals surface area contributed by atoms with Crippen LogP contribution in [0, 0.1) is 6.92 Å². The summed E-state index contributed by atoms with van der Waals surface area (Å²) >= 11 is 0. The summed E-state index contributed by atoms with van der Waals surface area (Å²) in [6.07, 6.45) is -3.33. The van der Waals surface area contributed by atoms with E-state index in [1.165, 1.54) is 48.1 Å². The van der Waals surface area contributed by atoms with Crippen LogP contribution in [-0.4, -0.2) is 26.7 Å². The first-order valence-electron chi connectivity index (χ1n) is 8.29. The Morgan fingerprint density at radius 3 is 2.31 bits per heavy atom. The predicted octanol–water partition coefficient (Wildman–Crippen LogP) is 2.98. The summed E-state index contributed by atoms with van der Waals surface area (Å²) in [6, 6.07) is 10.3. The largest absolute Gasteiger partial charge is 0.507 e. The van der Waals surface area contributed by atoms with Gasteiger partial charge < -0.3 is 5.11 Å². The molecular weight excluding hydrogens is 389 g/mol. The number of hydrogen-bond donors (Lipinski definition) is 3. The summed E-state index contributed by atoms with van der Waals surface area (Å²) < 4.78 is 39.9. The lowest BCUT2D eigenvalue weighted by Crippen LogP contribution is -2.41. The number of rotatable bonds is 3. The fourth-order valence-corrected chi connectivity index (χ4v) is 2.62. The first-order valence-corrected chi connectivity index (χ1v) is 8.29. The molecule has 0 aliphatic heterocycles. The van der Waals surface area contributed by atoms with Gasteiger partial charge in [0.2, 0.25) is 0 Å². The van der Waals surface area contributed by atoms with Crippen LogP contribution < -0.4 is 10.9 Å². The second kappa shape index (κ2) is 7.66. The number of nitrogens with one attached hydrogen (secondary N) is 2. The van der Waals surface area contributed by atoms with E-state index in [4.69, 9.17) is 0 Å². The van der Waals surface area contributed by atoms with Crippen LogP contribution >= 0.6 is 0 Å². The summed E-state index contributed by atoms with van der Waals surface area (Å²) in [5.74, 6) is -1.71. The van der Waals surface area contributed by atoms with Crippen LogP contribution in [0.2, 0.25) is 0 Å². The number of para-hydroxylation sites is 1. The number of nitrogens with zero attached hydrogens (tertiary/aromatic N) is 2. The molecule has 150 valence electrons. The molecule has 29 heavy (non-hydrogen) atoms. The summed E-state index contributed by atoms with van der Waals surface area (Å²) in [4.78, 5) is 24.4. The van der Waals surface area contributed by atoms with Crippen molar-refractivity contribution in [2.75, 3.05) is 0 Å². The number of aromatic nitrogens is 2. The van der Waals surface area contributed by atoms with Gasteiger partial charge in [0.25, 0.3) is 11.8 Å². The maximum Gasteiger partial charge on any atom is 0.416 e. The van der Waals surface area contributed by atoms with Crippen molar-refractivity contribution in [1.29, 1.82) is 0 Å². The minimum Gasteiger partial charge on any atom is -0.507 e. The van der Waals surface area contributed by atoms with Gasteiger partial charge >= 0.3 is 6.18 Å². The number of amides is 2. The lowest BCUT2D eigenvalue weighted by molar-refractivity contribution is -0.137. The smallest absolute Gasteiger partial charge is 0.416 e. The molecule has 0 saturated heterocycles. The third kappa shape index (κ3) is 4.21. The molecule has 0 unspecified atom stereocenters. The van der Waals surface area contributed by atoms with Crippen LogP contribution in [0.3, 0.4) is 0 Å². The van der Waals surface area contributed by atoms with Crippen LogP contribution in [0.25, 0.3) is 5.69 Å². The van der Waals surface area contributed by atoms with Crippen LogP contribution in [-0.2, 0) is 6.18 Å². The Balaban J connectivity index is 1.76. The Labute approximate surface area is 162 Å². The summed E-state index contributed by atoms with van der Waals surface area (Å²) in [6.45, 7) is 1.51. The van der Waals surface area contributed by atoms with Gasteiger partial charge in [-0.25, -0.2) is 4.68 Å². The van der Waals surface area contributed by atoms with Crippen molar-refractivity contribution in [3.05, 3.63) is 77.1 Å². The number of hydrazine groups is 1. The third-order valence-corrected chi connectivity index (χ3v) is 4.11. The van der Waals surface area contributed by atoms with E-state index >= 15 is 0 Å². The van der Waals surface area contributed by atoms with Crippen molar-refractivity contribution in [2.24, 2.45) is 0 Å². The zero-order chi connectivity index (χ0) is 21.2. The highest BCUT2D eigenvalue weighted by Gasteiger charge is 2.30. The Kier molecular flexibility index (Phi) is 5.26. The molecule has 3 rings (SSSR count). The van der Waals surface area contributed by atoms with Crippen LogP contribution in [0.1, 0.15) is 32.0 Å². The average molecular weight is 404 g/mol. The molecule has 3 N–H and O–H groups in total. The van der Waals surface area contributed by atoms with E-state index in [-0.39, 0.29) is 28.3 Å². The molecule has 7 nitrogen and oxygen atoms in total. The fourth-order valence-electron chi connectivity index (χ4n) is 2.62. The number of hydrogen-bond acceptors (Lipinski definition) is 4. The summed E-state index contributed by atoms with van der Waals surface area (Å²) in [7, 11) is 0. The number of aromatic hydroxyl groups is 1. The highest BCUT2D eigenvalue weighted by atomic mass is 19.4. The molecule has 0 spiro atoms. The van der Waals surface area contributed by atoms with Gasteiger partial charge in [0, 0.05) is 0 Å². The zero-order valence-corrected chi connectivity index (χ0v) is 15.0. The van der Waals surface area contributed by atoms with Gasteiger partial charge in [0.05, 0.1) is 34.3 Å². The maximum atomic E-state index is 12.9. The molecule has 1 aromatic heterocycles. The van der Waals surface area contributed by atoms with Gasteiger partial charge in [0.1, 0.15) is 5.75 Å². The number of carbonyl (C=O) groups is 2. The van der Waals surface area contributed by atoms with Gasteiger partial charge in [-0.1, -0.05) is 18.2 Å². The number of phenols is 1. The molecule has 0 aliphatic rings. The minimum atomic E-state index is -4.51. The van der Waals surface area contributed by atoms with Gasteiger partial charge in [-0.05, 0) is 37.3 Å². The second-order valence-electron chi connectivity index (χ2n) is 6.03. The van der Waals surface area contributed by atoms with Crippen LogP contribution in [0.15, 0.2) is 54.7 Å². The van der Waals surface area contributed by atoms with Gasteiger partial charge in [-0.15, -0.1) is 0 Å². The van der Waals surface area contributed by atoms with Crippen LogP contribution in [0.4, 0.5) is 13.2 Å². The van der Waals surface area contributed by atoms with E-state index in [1.54, 1.807) is 6.07 Å². The molecule has 2 amide bonds. The topological polar surface area (TPSA) is 96.2 Å². The van der Waals surface area contributed by atoms with Crippen molar-refractivity contribution in [3.63, 3.8) is 0 Å². The Morgan fingerprint density at radius 2 is 1.66 bits per heavy atom. The van der Waals surface area contributed by atoms with Crippen molar-refractivity contribution in [3.8, 4) is 11.4 Å². The van der Waals surface area contributed by atoms with E-state index in [0.29, 0.717) is 0 Å². The molecule has 2 aromatic carbocycles. The molecule has 10 heteroatoms. The molecule has 0 bridgehead atoms. The molecule has 1 heterocycles. The summed E-state index contributed by atoms with van der Waals surface area (Å²) in [5.41, 5.74) is 3.93. The van der Waals surface area contributed by atoms with E-state index in [2.05, 4.69) is 16.0 Å². The number of benzene rings is 2. The molecule has 0 fully saturated rings. The Morgan fingerprint density at radius 1 is 1.00 bits per heavy atom. The number of alkyl halides is 3. The predicted molar refractivity (Wildman–Crippen MR) is 96.3 cm³/mol. The Bertz CT molecular complexity index is 1080. The van der Waals surface area contributed by atoms with Gasteiger partial charge in [-0.3, -0.25) is 20.4 Å². The van der Waals surface area contributed by atoms with Crippen LogP contribution in [0.5, 0.6) is 5.75 Å². The third-order valence-electron chi connectivity index (χ3n) is 4.11. The lowest BCUT2D eigenvalue weighted by atomic mass is 10.2.